The van der Waals surface area contributed by atoms with Crippen molar-refractivity contribution in [3.63, 3.8) is 0 Å². The average Bonchev–Trinajstić information content (AvgIpc) is 2.71. The lowest BCUT2D eigenvalue weighted by Crippen LogP contribution is -2.24. The number of nitrogens with zero attached hydrogens (tertiary/aromatic N) is 1. The fraction of sp³-hybridized carbons (Fsp3) is 0.292. The number of amides is 1. The van der Waals surface area contributed by atoms with Gasteiger partial charge in [-0.05, 0) is 40.6 Å². The number of rotatable bonds is 8. The van der Waals surface area contributed by atoms with Gasteiger partial charge in [0.1, 0.15) is 0 Å². The van der Waals surface area contributed by atoms with Crippen LogP contribution < -0.4 is 5.32 Å². The highest BCUT2D eigenvalue weighted by Gasteiger charge is 2.05. The molecule has 0 unspecified atom stereocenters. The number of hydrogen-bond acceptors (Lipinski definition) is 2. The lowest BCUT2D eigenvalue weighted by atomic mass is 10.0. The normalized spacial score (nSPS) is 11.1. The van der Waals surface area contributed by atoms with E-state index in [2.05, 4.69) is 72.6 Å². The molecule has 1 amide bonds. The lowest BCUT2D eigenvalue weighted by molar-refractivity contribution is -0.120. The van der Waals surface area contributed by atoms with Crippen LogP contribution in [-0.4, -0.2) is 23.9 Å². The zero-order valence-corrected chi connectivity index (χ0v) is 16.2. The molecular formula is C24H28N2O. The van der Waals surface area contributed by atoms with Gasteiger partial charge in [-0.25, -0.2) is 0 Å². The second-order valence-electron chi connectivity index (χ2n) is 6.91. The van der Waals surface area contributed by atoms with E-state index in [1.54, 1.807) is 0 Å². The maximum Gasteiger partial charge on any atom is 0.224 e. The molecule has 0 aromatic heterocycles. The highest BCUT2D eigenvalue weighted by Crippen LogP contribution is 2.16. The SMILES string of the molecule is CCN(CC)Cc1ccc(CNC(=O)Cc2ccc3ccccc3c2)cc1. The van der Waals surface area contributed by atoms with E-state index in [4.69, 9.17) is 0 Å². The van der Waals surface area contributed by atoms with Gasteiger partial charge in [-0.3, -0.25) is 9.69 Å². The Morgan fingerprint density at radius 2 is 1.44 bits per heavy atom. The highest BCUT2D eigenvalue weighted by atomic mass is 16.1. The predicted octanol–water partition coefficient (Wildman–Crippen LogP) is 4.54. The molecular weight excluding hydrogens is 332 g/mol. The number of hydrogen-bond donors (Lipinski definition) is 1. The molecule has 3 aromatic rings. The van der Waals surface area contributed by atoms with Crippen LogP contribution in [0.2, 0.25) is 0 Å². The minimum atomic E-state index is 0.0532. The summed E-state index contributed by atoms with van der Waals surface area (Å²) in [4.78, 5) is 14.7. The van der Waals surface area contributed by atoms with Crippen LogP contribution in [0.15, 0.2) is 66.7 Å². The Bertz CT molecular complexity index is 882. The lowest BCUT2D eigenvalue weighted by Gasteiger charge is -2.18. The summed E-state index contributed by atoms with van der Waals surface area (Å²) in [5, 5.41) is 5.40. The fourth-order valence-corrected chi connectivity index (χ4v) is 3.27. The van der Waals surface area contributed by atoms with Crippen LogP contribution in [0.5, 0.6) is 0 Å². The smallest absolute Gasteiger partial charge is 0.224 e. The van der Waals surface area contributed by atoms with Crippen LogP contribution in [0.3, 0.4) is 0 Å². The summed E-state index contributed by atoms with van der Waals surface area (Å²) in [5.41, 5.74) is 3.48. The summed E-state index contributed by atoms with van der Waals surface area (Å²) in [6.45, 7) is 8.03. The minimum Gasteiger partial charge on any atom is -0.352 e. The molecule has 3 rings (SSSR count). The predicted molar refractivity (Wildman–Crippen MR) is 113 cm³/mol. The molecule has 140 valence electrons. The largest absolute Gasteiger partial charge is 0.352 e. The molecule has 27 heavy (non-hydrogen) atoms. The van der Waals surface area contributed by atoms with E-state index in [0.29, 0.717) is 13.0 Å². The van der Waals surface area contributed by atoms with Crippen molar-refractivity contribution in [2.75, 3.05) is 13.1 Å². The molecule has 0 heterocycles. The van der Waals surface area contributed by atoms with Gasteiger partial charge in [-0.2, -0.15) is 0 Å². The molecule has 3 heteroatoms. The van der Waals surface area contributed by atoms with Gasteiger partial charge in [-0.1, -0.05) is 80.6 Å². The Morgan fingerprint density at radius 1 is 0.815 bits per heavy atom. The topological polar surface area (TPSA) is 32.3 Å². The summed E-state index contributed by atoms with van der Waals surface area (Å²) >= 11 is 0. The van der Waals surface area contributed by atoms with E-state index in [9.17, 15) is 4.79 Å². The summed E-state index contributed by atoms with van der Waals surface area (Å²) in [7, 11) is 0. The van der Waals surface area contributed by atoms with Crippen LogP contribution in [0.4, 0.5) is 0 Å². The van der Waals surface area contributed by atoms with Crippen LogP contribution in [0.1, 0.15) is 30.5 Å². The van der Waals surface area contributed by atoms with Crippen LogP contribution in [0, 0.1) is 0 Å². The Balaban J connectivity index is 1.52. The standard InChI is InChI=1S/C24H28N2O/c1-3-26(4-2)18-20-11-9-19(10-12-20)17-25-24(27)16-21-13-14-22-7-5-6-8-23(22)15-21/h5-15H,3-4,16-18H2,1-2H3,(H,25,27). The van der Waals surface area contributed by atoms with E-state index in [0.717, 1.165) is 30.8 Å². The Morgan fingerprint density at radius 3 is 2.15 bits per heavy atom. The van der Waals surface area contributed by atoms with Gasteiger partial charge >= 0.3 is 0 Å². The summed E-state index contributed by atoms with van der Waals surface area (Å²) < 4.78 is 0. The molecule has 0 aliphatic rings. The maximum atomic E-state index is 12.3. The van der Waals surface area contributed by atoms with E-state index in [-0.39, 0.29) is 5.91 Å². The number of benzene rings is 3. The third-order valence-corrected chi connectivity index (χ3v) is 4.99. The molecule has 1 N–H and O–H groups in total. The van der Waals surface area contributed by atoms with Crippen molar-refractivity contribution < 1.29 is 4.79 Å². The molecule has 0 aliphatic heterocycles. The van der Waals surface area contributed by atoms with Gasteiger partial charge in [0.2, 0.25) is 5.91 Å². The van der Waals surface area contributed by atoms with E-state index < -0.39 is 0 Å². The monoisotopic (exact) mass is 360 g/mol. The summed E-state index contributed by atoms with van der Waals surface area (Å²) in [6, 6.07) is 22.9. The quantitative estimate of drug-likeness (QED) is 0.640. The third-order valence-electron chi connectivity index (χ3n) is 4.99. The van der Waals surface area contributed by atoms with Gasteiger partial charge in [0.15, 0.2) is 0 Å². The van der Waals surface area contributed by atoms with Crippen molar-refractivity contribution in [3.05, 3.63) is 83.4 Å². The molecule has 0 aliphatic carbocycles. The molecule has 0 radical (unpaired) electrons. The van der Waals surface area contributed by atoms with Gasteiger partial charge in [0.05, 0.1) is 6.42 Å². The second-order valence-corrected chi connectivity index (χ2v) is 6.91. The van der Waals surface area contributed by atoms with Crippen LogP contribution in [0.25, 0.3) is 10.8 Å². The van der Waals surface area contributed by atoms with Crippen molar-refractivity contribution in [2.45, 2.75) is 33.4 Å². The zero-order valence-electron chi connectivity index (χ0n) is 16.2. The molecule has 0 atom stereocenters. The van der Waals surface area contributed by atoms with Gasteiger partial charge in [-0.15, -0.1) is 0 Å². The summed E-state index contributed by atoms with van der Waals surface area (Å²) in [5.74, 6) is 0.0532. The molecule has 0 bridgehead atoms. The zero-order chi connectivity index (χ0) is 19.1. The highest BCUT2D eigenvalue weighted by molar-refractivity contribution is 5.85. The van der Waals surface area contributed by atoms with Crippen molar-refractivity contribution in [2.24, 2.45) is 0 Å². The van der Waals surface area contributed by atoms with Gasteiger partial charge in [0.25, 0.3) is 0 Å². The van der Waals surface area contributed by atoms with Crippen molar-refractivity contribution >= 4 is 16.7 Å². The Hall–Kier alpha value is -2.65. The fourth-order valence-electron chi connectivity index (χ4n) is 3.27. The first kappa shape index (κ1) is 19.1. The van der Waals surface area contributed by atoms with Gasteiger partial charge < -0.3 is 5.32 Å². The molecule has 3 nitrogen and oxygen atoms in total. The molecule has 0 saturated heterocycles. The number of carbonyl (C=O) groups is 1. The van der Waals surface area contributed by atoms with Crippen LogP contribution >= 0.6 is 0 Å². The minimum absolute atomic E-state index is 0.0532. The number of carbonyl (C=O) groups excluding carboxylic acids is 1. The average molecular weight is 361 g/mol. The Labute approximate surface area is 162 Å². The van der Waals surface area contributed by atoms with Crippen LogP contribution in [-0.2, 0) is 24.3 Å². The molecule has 0 saturated carbocycles. The third kappa shape index (κ3) is 5.41. The van der Waals surface area contributed by atoms with E-state index in [1.807, 2.05) is 18.2 Å². The van der Waals surface area contributed by atoms with Crippen molar-refractivity contribution in [3.8, 4) is 0 Å². The first-order chi connectivity index (χ1) is 13.2. The first-order valence-corrected chi connectivity index (χ1v) is 9.72. The van der Waals surface area contributed by atoms with E-state index in [1.165, 1.54) is 16.3 Å². The maximum absolute atomic E-state index is 12.3. The molecule has 0 spiro atoms. The molecule has 0 fully saturated rings. The number of nitrogens with one attached hydrogen (secondary N) is 1. The second kappa shape index (κ2) is 9.33. The molecule has 3 aromatic carbocycles. The Kier molecular flexibility index (Phi) is 6.61. The first-order valence-electron chi connectivity index (χ1n) is 9.72. The van der Waals surface area contributed by atoms with Crippen molar-refractivity contribution in [1.29, 1.82) is 0 Å². The number of fused-ring (bicyclic) bond motifs is 1. The van der Waals surface area contributed by atoms with Crippen molar-refractivity contribution in [1.82, 2.24) is 10.2 Å². The summed E-state index contributed by atoms with van der Waals surface area (Å²) in [6.07, 6.45) is 0.408. The van der Waals surface area contributed by atoms with E-state index >= 15 is 0 Å². The van der Waals surface area contributed by atoms with Gasteiger partial charge in [0, 0.05) is 13.1 Å².